The summed E-state index contributed by atoms with van der Waals surface area (Å²) in [6.45, 7) is 1.95. The number of nitrogens with one attached hydrogen (secondary N) is 1. The van der Waals surface area contributed by atoms with Crippen LogP contribution in [0.4, 0.5) is 0 Å². The van der Waals surface area contributed by atoms with E-state index in [4.69, 9.17) is 10.2 Å². The lowest BCUT2D eigenvalue weighted by molar-refractivity contribution is -0.139. The van der Waals surface area contributed by atoms with Gasteiger partial charge in [-0.15, -0.1) is 5.92 Å². The highest BCUT2D eigenvalue weighted by atomic mass is 16.3. The molecule has 1 amide bonds. The largest absolute Gasteiger partial charge is 0.382 e. The molecule has 0 radical (unpaired) electrons. The van der Waals surface area contributed by atoms with Crippen molar-refractivity contribution in [3.8, 4) is 11.8 Å². The molecule has 0 heterocycles. The van der Waals surface area contributed by atoms with Gasteiger partial charge in [-0.2, -0.15) is 0 Å². The fraction of sp³-hybridized carbons (Fsp3) is 0.556. The quantitative estimate of drug-likeness (QED) is 0.377. The average Bonchev–Trinajstić information content (AvgIpc) is 2.21. The van der Waals surface area contributed by atoms with Gasteiger partial charge >= 0.3 is 0 Å². The summed E-state index contributed by atoms with van der Waals surface area (Å²) in [4.78, 5) is 21.0. The van der Waals surface area contributed by atoms with E-state index in [0.29, 0.717) is 6.42 Å². The maximum absolute atomic E-state index is 11.0. The lowest BCUT2D eigenvalue weighted by Gasteiger charge is -2.10. The molecule has 0 aromatic heterocycles. The van der Waals surface area contributed by atoms with Crippen LogP contribution in [-0.4, -0.2) is 41.2 Å². The minimum absolute atomic E-state index is 0.0926. The van der Waals surface area contributed by atoms with Crippen LogP contribution >= 0.6 is 0 Å². The van der Waals surface area contributed by atoms with Crippen LogP contribution in [0.15, 0.2) is 0 Å². The second-order valence-corrected chi connectivity index (χ2v) is 2.50. The van der Waals surface area contributed by atoms with Crippen molar-refractivity contribution >= 4 is 12.2 Å². The number of rotatable bonds is 4. The first-order valence-electron chi connectivity index (χ1n) is 4.18. The molecule has 0 aliphatic rings. The van der Waals surface area contributed by atoms with Gasteiger partial charge < -0.3 is 20.3 Å². The normalized spacial score (nSPS) is 13.4. The minimum Gasteiger partial charge on any atom is -0.382 e. The van der Waals surface area contributed by atoms with Crippen molar-refractivity contribution in [3.05, 3.63) is 0 Å². The summed E-state index contributed by atoms with van der Waals surface area (Å²) < 4.78 is 0. The SMILES string of the molecule is CCC#CCNC(=O)C(O)C(O)C=O. The number of carbonyl (C=O) groups is 2. The van der Waals surface area contributed by atoms with Gasteiger partial charge in [0.05, 0.1) is 6.54 Å². The van der Waals surface area contributed by atoms with Gasteiger partial charge in [0.1, 0.15) is 6.10 Å². The van der Waals surface area contributed by atoms with Gasteiger partial charge in [-0.1, -0.05) is 12.8 Å². The molecule has 3 N–H and O–H groups in total. The number of carbonyl (C=O) groups excluding carboxylic acids is 2. The van der Waals surface area contributed by atoms with Crippen LogP contribution in [0.1, 0.15) is 13.3 Å². The number of aliphatic hydroxyl groups excluding tert-OH is 2. The Morgan fingerprint density at radius 1 is 1.50 bits per heavy atom. The molecule has 2 atom stereocenters. The van der Waals surface area contributed by atoms with E-state index in [1.807, 2.05) is 6.92 Å². The third kappa shape index (κ3) is 4.60. The molecule has 0 saturated heterocycles. The fourth-order valence-corrected chi connectivity index (χ4v) is 0.653. The zero-order valence-electron chi connectivity index (χ0n) is 7.86. The molecule has 0 aromatic carbocycles. The number of hydrogen-bond donors (Lipinski definition) is 3. The summed E-state index contributed by atoms with van der Waals surface area (Å²) in [7, 11) is 0. The molecule has 78 valence electrons. The minimum atomic E-state index is -1.73. The van der Waals surface area contributed by atoms with Crippen molar-refractivity contribution in [2.75, 3.05) is 6.54 Å². The van der Waals surface area contributed by atoms with E-state index >= 15 is 0 Å². The maximum Gasteiger partial charge on any atom is 0.252 e. The van der Waals surface area contributed by atoms with Crippen LogP contribution < -0.4 is 5.32 Å². The van der Waals surface area contributed by atoms with Gasteiger partial charge in [-0.3, -0.25) is 4.79 Å². The van der Waals surface area contributed by atoms with E-state index in [-0.39, 0.29) is 12.8 Å². The number of aldehydes is 1. The summed E-state index contributed by atoms with van der Waals surface area (Å²) >= 11 is 0. The number of aliphatic hydroxyl groups is 2. The molecule has 2 unspecified atom stereocenters. The Balaban J connectivity index is 3.90. The summed E-state index contributed by atoms with van der Waals surface area (Å²) in [6, 6.07) is 0. The van der Waals surface area contributed by atoms with Gasteiger partial charge in [-0.05, 0) is 0 Å². The molecule has 0 fully saturated rings. The second-order valence-electron chi connectivity index (χ2n) is 2.50. The van der Waals surface area contributed by atoms with Crippen molar-refractivity contribution in [1.29, 1.82) is 0 Å². The standard InChI is InChI=1S/C9H13NO4/c1-2-3-4-5-10-9(14)8(13)7(12)6-11/h6-8,12-13H,2,5H2,1H3,(H,10,14). The van der Waals surface area contributed by atoms with Crippen LogP contribution in [0.25, 0.3) is 0 Å². The van der Waals surface area contributed by atoms with Crippen LogP contribution in [-0.2, 0) is 9.59 Å². The second kappa shape index (κ2) is 7.06. The first kappa shape index (κ1) is 12.6. The topological polar surface area (TPSA) is 86.6 Å². The molecule has 5 heteroatoms. The summed E-state index contributed by atoms with van der Waals surface area (Å²) in [6.07, 6.45) is -2.64. The summed E-state index contributed by atoms with van der Waals surface area (Å²) in [5.74, 6) is 4.51. The van der Waals surface area contributed by atoms with Crippen LogP contribution in [0, 0.1) is 11.8 Å². The van der Waals surface area contributed by atoms with Crippen molar-refractivity contribution in [1.82, 2.24) is 5.32 Å². The molecule has 0 spiro atoms. The Morgan fingerprint density at radius 3 is 2.64 bits per heavy atom. The molecule has 0 aromatic rings. The van der Waals surface area contributed by atoms with Gasteiger partial charge in [-0.25, -0.2) is 0 Å². The predicted molar refractivity (Wildman–Crippen MR) is 49.2 cm³/mol. The van der Waals surface area contributed by atoms with Crippen LogP contribution in [0.3, 0.4) is 0 Å². The summed E-state index contributed by atoms with van der Waals surface area (Å²) in [5, 5.41) is 20.0. The highest BCUT2D eigenvalue weighted by Crippen LogP contribution is 1.89. The van der Waals surface area contributed by atoms with E-state index in [1.54, 1.807) is 0 Å². The van der Waals surface area contributed by atoms with Crippen LogP contribution in [0.2, 0.25) is 0 Å². The van der Waals surface area contributed by atoms with E-state index in [9.17, 15) is 9.59 Å². The predicted octanol–water partition coefficient (Wildman–Crippen LogP) is -1.56. The van der Waals surface area contributed by atoms with Gasteiger partial charge in [0.25, 0.3) is 5.91 Å². The highest BCUT2D eigenvalue weighted by Gasteiger charge is 2.22. The molecule has 0 saturated carbocycles. The zero-order valence-corrected chi connectivity index (χ0v) is 7.86. The van der Waals surface area contributed by atoms with Gasteiger partial charge in [0.15, 0.2) is 12.4 Å². The Kier molecular flexibility index (Phi) is 6.37. The van der Waals surface area contributed by atoms with Crippen molar-refractivity contribution in [2.24, 2.45) is 0 Å². The Bertz CT molecular complexity index is 253. The molecule has 0 rings (SSSR count). The monoisotopic (exact) mass is 199 g/mol. The Labute approximate surface area is 82.1 Å². The van der Waals surface area contributed by atoms with Gasteiger partial charge in [0, 0.05) is 6.42 Å². The van der Waals surface area contributed by atoms with E-state index in [2.05, 4.69) is 17.2 Å². The molecule has 14 heavy (non-hydrogen) atoms. The molecule has 0 aliphatic carbocycles. The van der Waals surface area contributed by atoms with E-state index in [0.717, 1.165) is 0 Å². The Hall–Kier alpha value is -1.38. The highest BCUT2D eigenvalue weighted by molar-refractivity contribution is 5.84. The van der Waals surface area contributed by atoms with Gasteiger partial charge in [0.2, 0.25) is 0 Å². The number of hydrogen-bond acceptors (Lipinski definition) is 4. The first-order chi connectivity index (χ1) is 6.63. The smallest absolute Gasteiger partial charge is 0.252 e. The zero-order chi connectivity index (χ0) is 11.0. The molecule has 5 nitrogen and oxygen atoms in total. The summed E-state index contributed by atoms with van der Waals surface area (Å²) in [5.41, 5.74) is 0. The number of amides is 1. The lowest BCUT2D eigenvalue weighted by atomic mass is 10.2. The maximum atomic E-state index is 11.0. The molecule has 0 aliphatic heterocycles. The average molecular weight is 199 g/mol. The van der Waals surface area contributed by atoms with Crippen molar-refractivity contribution in [3.63, 3.8) is 0 Å². The van der Waals surface area contributed by atoms with E-state index in [1.165, 1.54) is 0 Å². The first-order valence-corrected chi connectivity index (χ1v) is 4.18. The molecule has 0 bridgehead atoms. The third-order valence-electron chi connectivity index (χ3n) is 1.38. The van der Waals surface area contributed by atoms with Crippen LogP contribution in [0.5, 0.6) is 0 Å². The van der Waals surface area contributed by atoms with Crippen molar-refractivity contribution in [2.45, 2.75) is 25.6 Å². The molecular weight excluding hydrogens is 186 g/mol. The molecular formula is C9H13NO4. The lowest BCUT2D eigenvalue weighted by Crippen LogP contribution is -2.42. The Morgan fingerprint density at radius 2 is 2.14 bits per heavy atom. The third-order valence-corrected chi connectivity index (χ3v) is 1.38. The fourth-order valence-electron chi connectivity index (χ4n) is 0.653. The van der Waals surface area contributed by atoms with Crippen molar-refractivity contribution < 1.29 is 19.8 Å². The van der Waals surface area contributed by atoms with E-state index < -0.39 is 18.1 Å².